The van der Waals surface area contributed by atoms with E-state index < -0.39 is 5.60 Å². The summed E-state index contributed by atoms with van der Waals surface area (Å²) in [5.41, 5.74) is 1.67. The summed E-state index contributed by atoms with van der Waals surface area (Å²) in [4.78, 5) is 14.0. The number of anilines is 2. The van der Waals surface area contributed by atoms with Gasteiger partial charge < -0.3 is 20.3 Å². The molecular formula is C19H30ClN3O2. The highest BCUT2D eigenvalue weighted by molar-refractivity contribution is 6.31. The molecule has 2 atom stereocenters. The number of nitrogens with one attached hydrogen (secondary N) is 2. The number of amides is 1. The van der Waals surface area contributed by atoms with Gasteiger partial charge in [-0.1, -0.05) is 18.0 Å². The van der Waals surface area contributed by atoms with Crippen molar-refractivity contribution in [2.24, 2.45) is 5.92 Å². The van der Waals surface area contributed by atoms with E-state index in [4.69, 9.17) is 16.3 Å². The Morgan fingerprint density at radius 1 is 1.32 bits per heavy atom. The van der Waals surface area contributed by atoms with Crippen molar-refractivity contribution in [3.8, 4) is 0 Å². The molecule has 0 aliphatic heterocycles. The van der Waals surface area contributed by atoms with Gasteiger partial charge in [0.25, 0.3) is 0 Å². The van der Waals surface area contributed by atoms with Gasteiger partial charge in [-0.25, -0.2) is 4.79 Å². The molecule has 0 heterocycles. The quantitative estimate of drug-likeness (QED) is 0.803. The summed E-state index contributed by atoms with van der Waals surface area (Å²) in [6, 6.07) is 6.20. The molecule has 0 radical (unpaired) electrons. The Bertz CT molecular complexity index is 599. The molecule has 140 valence electrons. The predicted molar refractivity (Wildman–Crippen MR) is 105 cm³/mol. The van der Waals surface area contributed by atoms with Crippen molar-refractivity contribution in [2.75, 3.05) is 30.9 Å². The monoisotopic (exact) mass is 367 g/mol. The molecule has 0 bridgehead atoms. The molecule has 1 aliphatic rings. The zero-order chi connectivity index (χ0) is 18.6. The molecule has 1 aromatic rings. The summed E-state index contributed by atoms with van der Waals surface area (Å²) in [5.74, 6) is 0.376. The van der Waals surface area contributed by atoms with Crippen molar-refractivity contribution in [3.05, 3.63) is 23.2 Å². The minimum absolute atomic E-state index is 0.312. The molecular weight excluding hydrogens is 338 g/mol. The number of ether oxygens (including phenoxy) is 1. The molecule has 1 saturated carbocycles. The van der Waals surface area contributed by atoms with Crippen LogP contribution in [0.2, 0.25) is 5.02 Å². The van der Waals surface area contributed by atoms with Gasteiger partial charge in [-0.3, -0.25) is 0 Å². The number of halogens is 1. The fourth-order valence-corrected chi connectivity index (χ4v) is 3.39. The molecule has 2 N–H and O–H groups in total. The lowest BCUT2D eigenvalue weighted by Gasteiger charge is -2.26. The highest BCUT2D eigenvalue weighted by atomic mass is 35.5. The molecule has 1 amide bonds. The molecule has 1 aromatic carbocycles. The van der Waals surface area contributed by atoms with Gasteiger partial charge in [0, 0.05) is 31.7 Å². The maximum Gasteiger partial charge on any atom is 0.407 e. The minimum atomic E-state index is -0.473. The van der Waals surface area contributed by atoms with Gasteiger partial charge in [0.05, 0.1) is 11.4 Å². The molecule has 5 nitrogen and oxygen atoms in total. The zero-order valence-electron chi connectivity index (χ0n) is 15.9. The summed E-state index contributed by atoms with van der Waals surface area (Å²) in [6.45, 7) is 6.22. The third kappa shape index (κ3) is 5.99. The molecule has 2 unspecified atom stereocenters. The summed E-state index contributed by atoms with van der Waals surface area (Å²) in [7, 11) is 4.04. The third-order valence-corrected chi connectivity index (χ3v) is 4.58. The number of rotatable bonds is 5. The van der Waals surface area contributed by atoms with Crippen LogP contribution in [0.15, 0.2) is 18.2 Å². The minimum Gasteiger partial charge on any atom is -0.444 e. The Kier molecular flexibility index (Phi) is 6.44. The average Bonchev–Trinajstić information content (AvgIpc) is 2.90. The van der Waals surface area contributed by atoms with Gasteiger partial charge >= 0.3 is 6.09 Å². The Balaban J connectivity index is 1.98. The van der Waals surface area contributed by atoms with Crippen LogP contribution in [-0.4, -0.2) is 38.4 Å². The van der Waals surface area contributed by atoms with Crippen LogP contribution in [0.5, 0.6) is 0 Å². The Hall–Kier alpha value is -1.62. The van der Waals surface area contributed by atoms with Gasteiger partial charge in [0.1, 0.15) is 5.60 Å². The molecule has 25 heavy (non-hydrogen) atoms. The van der Waals surface area contributed by atoms with Gasteiger partial charge in [0.15, 0.2) is 0 Å². The normalized spacial score (nSPS) is 20.2. The fourth-order valence-electron chi connectivity index (χ4n) is 3.21. The number of carbonyl (C=O) groups excluding carboxylic acids is 1. The summed E-state index contributed by atoms with van der Waals surface area (Å²) in [6.07, 6.45) is 2.97. The zero-order valence-corrected chi connectivity index (χ0v) is 16.6. The van der Waals surface area contributed by atoms with E-state index in [1.54, 1.807) is 0 Å². The molecule has 1 fully saturated rings. The lowest BCUT2D eigenvalue weighted by atomic mass is 10.0. The third-order valence-electron chi connectivity index (χ3n) is 4.35. The number of hydrogen-bond donors (Lipinski definition) is 2. The number of carbonyl (C=O) groups is 1. The van der Waals surface area contributed by atoms with E-state index in [1.807, 2.05) is 53.1 Å². The summed E-state index contributed by atoms with van der Waals surface area (Å²) >= 11 is 6.18. The Morgan fingerprint density at radius 2 is 2.04 bits per heavy atom. The first-order valence-corrected chi connectivity index (χ1v) is 9.24. The van der Waals surface area contributed by atoms with E-state index >= 15 is 0 Å². The van der Waals surface area contributed by atoms with E-state index in [1.165, 1.54) is 0 Å². The van der Waals surface area contributed by atoms with Gasteiger partial charge in [-0.2, -0.15) is 0 Å². The van der Waals surface area contributed by atoms with Crippen molar-refractivity contribution in [2.45, 2.75) is 51.7 Å². The van der Waals surface area contributed by atoms with Crippen LogP contribution < -0.4 is 15.5 Å². The maximum absolute atomic E-state index is 11.9. The van der Waals surface area contributed by atoms with E-state index in [0.29, 0.717) is 18.5 Å². The predicted octanol–water partition coefficient (Wildman–Crippen LogP) is 4.51. The Morgan fingerprint density at radius 3 is 2.68 bits per heavy atom. The number of benzene rings is 1. The van der Waals surface area contributed by atoms with Gasteiger partial charge in [-0.05, 0) is 57.7 Å². The second-order valence-corrected chi connectivity index (χ2v) is 8.32. The van der Waals surface area contributed by atoms with Crippen LogP contribution in [0.3, 0.4) is 0 Å². The van der Waals surface area contributed by atoms with Crippen LogP contribution in [0.25, 0.3) is 0 Å². The first-order chi connectivity index (χ1) is 11.7. The topological polar surface area (TPSA) is 53.6 Å². The highest BCUT2D eigenvalue weighted by Gasteiger charge is 2.29. The molecule has 6 heteroatoms. The second kappa shape index (κ2) is 8.17. The van der Waals surface area contributed by atoms with E-state index in [9.17, 15) is 4.79 Å². The van der Waals surface area contributed by atoms with Crippen molar-refractivity contribution in [1.29, 1.82) is 0 Å². The standard InChI is InChI=1S/C19H30ClN3O2/c1-19(2,3)25-18(24)21-12-13-7-6-8-15(13)22-16-11-14(20)9-10-17(16)23(4)5/h9-11,13,15,22H,6-8,12H2,1-5H3,(H,21,24). The van der Waals surface area contributed by atoms with Crippen molar-refractivity contribution < 1.29 is 9.53 Å². The fraction of sp³-hybridized carbons (Fsp3) is 0.632. The molecule has 0 saturated heterocycles. The number of nitrogens with zero attached hydrogens (tertiary/aromatic N) is 1. The van der Waals surface area contributed by atoms with Crippen LogP contribution in [0, 0.1) is 5.92 Å². The maximum atomic E-state index is 11.9. The first kappa shape index (κ1) is 19.7. The number of hydrogen-bond acceptors (Lipinski definition) is 4. The highest BCUT2D eigenvalue weighted by Crippen LogP contribution is 2.33. The van der Waals surface area contributed by atoms with Crippen molar-refractivity contribution >= 4 is 29.1 Å². The van der Waals surface area contributed by atoms with E-state index in [2.05, 4.69) is 15.5 Å². The van der Waals surface area contributed by atoms with E-state index in [0.717, 1.165) is 35.7 Å². The van der Waals surface area contributed by atoms with Crippen LogP contribution >= 0.6 is 11.6 Å². The van der Waals surface area contributed by atoms with Crippen LogP contribution in [0.1, 0.15) is 40.0 Å². The Labute approximate surface area is 156 Å². The molecule has 1 aliphatic carbocycles. The number of alkyl carbamates (subject to hydrolysis) is 1. The van der Waals surface area contributed by atoms with Crippen LogP contribution in [-0.2, 0) is 4.74 Å². The van der Waals surface area contributed by atoms with Crippen molar-refractivity contribution in [1.82, 2.24) is 5.32 Å². The second-order valence-electron chi connectivity index (χ2n) is 7.88. The summed E-state index contributed by atoms with van der Waals surface area (Å²) < 4.78 is 5.32. The van der Waals surface area contributed by atoms with Gasteiger partial charge in [0.2, 0.25) is 0 Å². The molecule has 0 aromatic heterocycles. The SMILES string of the molecule is CN(C)c1ccc(Cl)cc1NC1CCCC1CNC(=O)OC(C)(C)C. The largest absolute Gasteiger partial charge is 0.444 e. The van der Waals surface area contributed by atoms with E-state index in [-0.39, 0.29) is 6.09 Å². The summed E-state index contributed by atoms with van der Waals surface area (Å²) in [5, 5.41) is 7.26. The van der Waals surface area contributed by atoms with Crippen LogP contribution in [0.4, 0.5) is 16.2 Å². The van der Waals surface area contributed by atoms with Gasteiger partial charge in [-0.15, -0.1) is 0 Å². The first-order valence-electron chi connectivity index (χ1n) is 8.86. The average molecular weight is 368 g/mol. The lowest BCUT2D eigenvalue weighted by molar-refractivity contribution is 0.0519. The van der Waals surface area contributed by atoms with Crippen molar-refractivity contribution in [3.63, 3.8) is 0 Å². The molecule has 0 spiro atoms. The lowest BCUT2D eigenvalue weighted by Crippen LogP contribution is -2.38. The molecule has 2 rings (SSSR count). The smallest absolute Gasteiger partial charge is 0.407 e.